The number of nitrogens with one attached hydrogen (secondary N) is 1. The zero-order chi connectivity index (χ0) is 51.4. The predicted molar refractivity (Wildman–Crippen MR) is 281 cm³/mol. The first kappa shape index (κ1) is 57.6. The van der Waals surface area contributed by atoms with Gasteiger partial charge in [0.15, 0.2) is 5.34 Å². The number of hydrogen-bond donors (Lipinski definition) is 1. The normalized spacial score (nSPS) is 17.5. The zero-order valence-corrected chi connectivity index (χ0v) is 44.5. The molecule has 1 amide bonds. The highest BCUT2D eigenvalue weighted by Gasteiger charge is 2.46. The summed E-state index contributed by atoms with van der Waals surface area (Å²) >= 11 is 0. The number of aromatic nitrogens is 1. The molecule has 5 rings (SSSR count). The minimum atomic E-state index is -2.27. The zero-order valence-electron chi connectivity index (χ0n) is 42.8. The topological polar surface area (TPSA) is 188 Å². The van der Waals surface area contributed by atoms with E-state index >= 15 is 0 Å². The smallest absolute Gasteiger partial charge is 0.308 e. The fraction of sp³-hybridized carbons (Fsp3) is 0.538. The van der Waals surface area contributed by atoms with E-state index in [2.05, 4.69) is 113 Å². The van der Waals surface area contributed by atoms with Crippen LogP contribution in [0.15, 0.2) is 96.3 Å². The maximum atomic E-state index is 14.8. The Morgan fingerprint density at radius 1 is 0.757 bits per heavy atom. The number of rotatable bonds is 24. The van der Waals surface area contributed by atoms with Gasteiger partial charge in [0.2, 0.25) is 0 Å². The number of amides is 1. The lowest BCUT2D eigenvalue weighted by molar-refractivity contribution is -0.757. The van der Waals surface area contributed by atoms with Gasteiger partial charge in [0, 0.05) is 70.5 Å². The van der Waals surface area contributed by atoms with Crippen molar-refractivity contribution in [3.63, 3.8) is 0 Å². The summed E-state index contributed by atoms with van der Waals surface area (Å²) in [6, 6.07) is 30.0. The average Bonchev–Trinajstić information content (AvgIpc) is 3.67. The maximum absolute atomic E-state index is 14.8. The third-order valence-corrected chi connectivity index (χ3v) is 19.7. The molecule has 388 valence electrons. The molecule has 1 saturated heterocycles. The molecule has 2 atom stereocenters. The second kappa shape index (κ2) is 28.2. The highest BCUT2D eigenvalue weighted by Crippen LogP contribution is 2.75. The third-order valence-electron chi connectivity index (χ3n) is 11.6. The predicted octanol–water partition coefficient (Wildman–Crippen LogP) is 12.9. The average molecular weight is 1010 g/mol. The lowest BCUT2D eigenvalue weighted by Gasteiger charge is -2.63. The fourth-order valence-corrected chi connectivity index (χ4v) is 16.9. The minimum absolute atomic E-state index is 0.00668. The van der Waals surface area contributed by atoms with Gasteiger partial charge < -0.3 is 29.0 Å². The molecule has 1 aliphatic rings. The second-order valence-corrected chi connectivity index (χ2v) is 25.4. The number of para-hydroxylation sites is 1. The van der Waals surface area contributed by atoms with E-state index in [4.69, 9.17) is 26.4 Å². The number of anilines is 1. The SMILES string of the molecule is CC(C)c1c(C(=O)Nc2ccccc2)c(-c2ccccc2)c(-c2ccccc2)n1CCC1CC(CC(=O)OCCCOCCCO[N+](=O)[O-])OS(C(C)C)(C(C)C)OS(C(C)C)(C(C)C)O1.CON=O. The molecular formula is C52H76N4O12S2. The van der Waals surface area contributed by atoms with Crippen molar-refractivity contribution in [2.45, 2.75) is 147 Å². The Kier molecular flexibility index (Phi) is 23.2. The van der Waals surface area contributed by atoms with Crippen LogP contribution in [0.5, 0.6) is 0 Å². The van der Waals surface area contributed by atoms with Crippen molar-refractivity contribution in [1.82, 2.24) is 4.57 Å². The van der Waals surface area contributed by atoms with Gasteiger partial charge >= 0.3 is 5.97 Å². The van der Waals surface area contributed by atoms with E-state index in [-0.39, 0.29) is 64.5 Å². The molecule has 16 nitrogen and oxygen atoms in total. The van der Waals surface area contributed by atoms with Crippen LogP contribution in [0, 0.1) is 15.0 Å². The monoisotopic (exact) mass is 1010 g/mol. The van der Waals surface area contributed by atoms with E-state index in [1.54, 1.807) is 0 Å². The Bertz CT molecular complexity index is 2210. The molecule has 2 unspecified atom stereocenters. The number of carbonyl (C=O) groups excluding carboxylic acids is 2. The van der Waals surface area contributed by atoms with Crippen LogP contribution in [-0.2, 0) is 42.5 Å². The number of hydrogen-bond acceptors (Lipinski definition) is 13. The summed E-state index contributed by atoms with van der Waals surface area (Å²) in [5.74, 6) is -0.605. The van der Waals surface area contributed by atoms with Crippen LogP contribution in [0.4, 0.5) is 5.69 Å². The molecule has 1 aliphatic heterocycles. The standard InChI is InChI=1S/C51H73N3O10S2.CH3NO2/c1-36(2)49-48(51(56)52-43-26-18-13-19-27-43)47(41-22-14-11-15-23-41)50(42-24-16-12-17-25-42)53(49)29-28-44-34-45(35-46(55)60-32-20-30-59-31-21-33-61-54(57)58)63-66(39(7)8,40(9)10)64-65(62-44,37(3)4)38(5)6;1-4-2-3/h11-19,22-27,36-40,44-45H,20-21,28-35H2,1-10H3,(H,52,56);1H3. The van der Waals surface area contributed by atoms with Crippen LogP contribution in [-0.4, -0.2) is 88.3 Å². The second-order valence-electron chi connectivity index (χ2n) is 18.3. The van der Waals surface area contributed by atoms with E-state index in [9.17, 15) is 19.7 Å². The summed E-state index contributed by atoms with van der Waals surface area (Å²) in [4.78, 5) is 55.5. The summed E-state index contributed by atoms with van der Waals surface area (Å²) in [5.41, 5.74) is 6.01. The fourth-order valence-electron chi connectivity index (χ4n) is 8.59. The van der Waals surface area contributed by atoms with E-state index in [0.29, 0.717) is 56.7 Å². The van der Waals surface area contributed by atoms with Gasteiger partial charge in [0.05, 0.1) is 43.1 Å². The molecule has 3 aromatic carbocycles. The van der Waals surface area contributed by atoms with Gasteiger partial charge in [-0.15, -0.1) is 15.0 Å². The molecule has 1 fully saturated rings. The van der Waals surface area contributed by atoms with Crippen molar-refractivity contribution >= 4 is 38.7 Å². The van der Waals surface area contributed by atoms with E-state index < -0.39 is 32.4 Å². The van der Waals surface area contributed by atoms with Gasteiger partial charge in [-0.1, -0.05) is 92.7 Å². The van der Waals surface area contributed by atoms with E-state index in [1.807, 2.05) is 72.1 Å². The number of ether oxygens (including phenoxy) is 2. The highest BCUT2D eigenvalue weighted by atomic mass is 32.4. The largest absolute Gasteiger partial charge is 0.466 e. The summed E-state index contributed by atoms with van der Waals surface area (Å²) in [6.07, 6.45) is 0.894. The Morgan fingerprint density at radius 3 is 1.76 bits per heavy atom. The van der Waals surface area contributed by atoms with Gasteiger partial charge in [-0.25, -0.2) is 0 Å². The summed E-state index contributed by atoms with van der Waals surface area (Å²) in [6.45, 7) is 22.8. The summed E-state index contributed by atoms with van der Waals surface area (Å²) < 4.78 is 36.0. The van der Waals surface area contributed by atoms with Crippen LogP contribution >= 0.6 is 21.2 Å². The lowest BCUT2D eigenvalue weighted by Crippen LogP contribution is -2.41. The molecule has 1 aromatic heterocycles. The molecule has 1 N–H and O–H groups in total. The van der Waals surface area contributed by atoms with Gasteiger partial charge in [-0.05, 0) is 97.4 Å². The first-order valence-electron chi connectivity index (χ1n) is 24.2. The quantitative estimate of drug-likeness (QED) is 0.0230. The van der Waals surface area contributed by atoms with Crippen LogP contribution < -0.4 is 5.32 Å². The number of benzene rings is 3. The van der Waals surface area contributed by atoms with Crippen LogP contribution in [0.3, 0.4) is 0 Å². The van der Waals surface area contributed by atoms with Crippen molar-refractivity contribution in [1.29, 1.82) is 0 Å². The van der Waals surface area contributed by atoms with Crippen molar-refractivity contribution in [2.75, 3.05) is 38.9 Å². The molecule has 2 heterocycles. The van der Waals surface area contributed by atoms with Crippen molar-refractivity contribution in [3.05, 3.63) is 117 Å². The van der Waals surface area contributed by atoms with Gasteiger partial charge in [0.1, 0.15) is 7.11 Å². The van der Waals surface area contributed by atoms with Crippen molar-refractivity contribution < 1.29 is 45.8 Å². The minimum Gasteiger partial charge on any atom is -0.466 e. The van der Waals surface area contributed by atoms with Gasteiger partial charge in [-0.2, -0.15) is 24.8 Å². The first-order chi connectivity index (χ1) is 33.4. The Labute approximate surface area is 418 Å². The molecule has 0 aliphatic carbocycles. The highest BCUT2D eigenvalue weighted by molar-refractivity contribution is 8.39. The third kappa shape index (κ3) is 15.5. The number of nitrogens with zero attached hydrogens (tertiary/aromatic N) is 3. The van der Waals surface area contributed by atoms with E-state index in [1.165, 1.54) is 7.11 Å². The lowest BCUT2D eigenvalue weighted by atomic mass is 9.94. The van der Waals surface area contributed by atoms with Gasteiger partial charge in [0.25, 0.3) is 11.0 Å². The van der Waals surface area contributed by atoms with Gasteiger partial charge in [-0.3, -0.25) is 18.0 Å². The van der Waals surface area contributed by atoms with Crippen molar-refractivity contribution in [3.8, 4) is 22.4 Å². The molecule has 70 heavy (non-hydrogen) atoms. The Balaban J connectivity index is 0.00000256. The molecule has 0 saturated carbocycles. The maximum Gasteiger partial charge on any atom is 0.308 e. The number of esters is 1. The molecule has 0 spiro atoms. The first-order valence-corrected chi connectivity index (χ1v) is 27.4. The number of carbonyl (C=O) groups is 2. The molecule has 4 aromatic rings. The summed E-state index contributed by atoms with van der Waals surface area (Å²) in [7, 11) is -3.31. The Morgan fingerprint density at radius 2 is 1.26 bits per heavy atom. The van der Waals surface area contributed by atoms with E-state index in [0.717, 1.165) is 28.1 Å². The molecule has 0 bridgehead atoms. The van der Waals surface area contributed by atoms with Crippen LogP contribution in [0.1, 0.15) is 123 Å². The van der Waals surface area contributed by atoms with Crippen LogP contribution in [0.2, 0.25) is 0 Å². The molecule has 0 radical (unpaired) electrons. The van der Waals surface area contributed by atoms with Crippen LogP contribution in [0.25, 0.3) is 22.4 Å². The summed E-state index contributed by atoms with van der Waals surface area (Å²) in [5, 5.41) is 14.9. The molecular weight excluding hydrogens is 937 g/mol. The Hall–Kier alpha value is -4.98. The van der Waals surface area contributed by atoms with Crippen molar-refractivity contribution in [2.24, 2.45) is 5.34 Å². The molecule has 18 heteroatoms.